The first-order valence-electron chi connectivity index (χ1n) is 10.2. The number of nitrogens with zero attached hydrogens (tertiary/aromatic N) is 3. The minimum atomic E-state index is 0.0603. The molecule has 0 N–H and O–H groups in total. The molecule has 0 radical (unpaired) electrons. The summed E-state index contributed by atoms with van der Waals surface area (Å²) < 4.78 is 11.2. The number of carbonyl (C=O) groups excluding carboxylic acids is 1. The third kappa shape index (κ3) is 4.43. The van der Waals surface area contributed by atoms with Crippen LogP contribution in [-0.4, -0.2) is 41.0 Å². The number of hydrogen-bond acceptors (Lipinski definition) is 5. The van der Waals surface area contributed by atoms with Crippen LogP contribution in [0, 0.1) is 5.92 Å². The van der Waals surface area contributed by atoms with Crippen molar-refractivity contribution in [1.29, 1.82) is 0 Å². The minimum absolute atomic E-state index is 0.0603. The van der Waals surface area contributed by atoms with E-state index in [0.29, 0.717) is 34.7 Å². The number of methoxy groups -OCH3 is 1. The van der Waals surface area contributed by atoms with Crippen LogP contribution < -0.4 is 9.47 Å². The molecule has 1 aromatic heterocycles. The van der Waals surface area contributed by atoms with Crippen molar-refractivity contribution < 1.29 is 14.3 Å². The summed E-state index contributed by atoms with van der Waals surface area (Å²) in [5.41, 5.74) is 1.43. The van der Waals surface area contributed by atoms with E-state index in [0.717, 1.165) is 31.5 Å². The summed E-state index contributed by atoms with van der Waals surface area (Å²) in [5, 5.41) is 0. The minimum Gasteiger partial charge on any atom is -0.493 e. The maximum Gasteiger partial charge on any atom is 0.253 e. The van der Waals surface area contributed by atoms with Crippen molar-refractivity contribution in [1.82, 2.24) is 14.9 Å². The number of likely N-dealkylation sites (tertiary alicyclic amines) is 1. The smallest absolute Gasteiger partial charge is 0.253 e. The third-order valence-corrected chi connectivity index (χ3v) is 5.35. The maximum atomic E-state index is 12.9. The molecular formula is C24H25N3O3. The fourth-order valence-electron chi connectivity index (χ4n) is 3.54. The zero-order valence-electron chi connectivity index (χ0n) is 17.2. The van der Waals surface area contributed by atoms with Gasteiger partial charge in [0.05, 0.1) is 7.11 Å². The number of aromatic nitrogens is 2. The van der Waals surface area contributed by atoms with E-state index in [1.807, 2.05) is 53.4 Å². The van der Waals surface area contributed by atoms with Crippen LogP contribution in [0.15, 0.2) is 60.8 Å². The molecule has 30 heavy (non-hydrogen) atoms. The molecule has 0 saturated carbocycles. The molecule has 6 nitrogen and oxygen atoms in total. The SMILES string of the molecule is COc1ccccc1Oc1ccnc(-c2cccc(C(=O)N3CCC(C)CC3)c2)n1. The van der Waals surface area contributed by atoms with Crippen molar-refractivity contribution in [2.24, 2.45) is 5.92 Å². The van der Waals surface area contributed by atoms with Gasteiger partial charge in [-0.1, -0.05) is 31.2 Å². The monoisotopic (exact) mass is 403 g/mol. The number of hydrogen-bond donors (Lipinski definition) is 0. The highest BCUT2D eigenvalue weighted by Crippen LogP contribution is 2.30. The zero-order valence-corrected chi connectivity index (χ0v) is 17.2. The highest BCUT2D eigenvalue weighted by atomic mass is 16.5. The lowest BCUT2D eigenvalue weighted by molar-refractivity contribution is 0.0697. The lowest BCUT2D eigenvalue weighted by atomic mass is 9.98. The predicted molar refractivity (Wildman–Crippen MR) is 115 cm³/mol. The maximum absolute atomic E-state index is 12.9. The fourth-order valence-corrected chi connectivity index (χ4v) is 3.54. The Morgan fingerprint density at radius 3 is 2.57 bits per heavy atom. The number of ether oxygens (including phenoxy) is 2. The van der Waals surface area contributed by atoms with Gasteiger partial charge >= 0.3 is 0 Å². The Morgan fingerprint density at radius 2 is 1.80 bits per heavy atom. The molecule has 1 aliphatic heterocycles. The molecule has 4 rings (SSSR count). The number of amides is 1. The second-order valence-corrected chi connectivity index (χ2v) is 7.53. The summed E-state index contributed by atoms with van der Waals surface area (Å²) in [6.45, 7) is 3.85. The zero-order chi connectivity index (χ0) is 20.9. The Hall–Kier alpha value is -3.41. The van der Waals surface area contributed by atoms with E-state index >= 15 is 0 Å². The molecule has 1 aliphatic rings. The van der Waals surface area contributed by atoms with Crippen LogP contribution >= 0.6 is 0 Å². The Kier molecular flexibility index (Phi) is 5.93. The molecule has 154 valence electrons. The quantitative estimate of drug-likeness (QED) is 0.611. The molecule has 0 spiro atoms. The lowest BCUT2D eigenvalue weighted by Gasteiger charge is -2.30. The molecule has 0 aliphatic carbocycles. The van der Waals surface area contributed by atoms with Crippen LogP contribution in [0.5, 0.6) is 17.4 Å². The van der Waals surface area contributed by atoms with Crippen molar-refractivity contribution >= 4 is 5.91 Å². The van der Waals surface area contributed by atoms with Crippen LogP contribution in [0.2, 0.25) is 0 Å². The van der Waals surface area contributed by atoms with Crippen LogP contribution in [0.25, 0.3) is 11.4 Å². The molecule has 2 aromatic carbocycles. The Morgan fingerprint density at radius 1 is 1.03 bits per heavy atom. The van der Waals surface area contributed by atoms with Gasteiger partial charge in [-0.15, -0.1) is 0 Å². The molecular weight excluding hydrogens is 378 g/mol. The fraction of sp³-hybridized carbons (Fsp3) is 0.292. The van der Waals surface area contributed by atoms with Gasteiger partial charge in [0.25, 0.3) is 5.91 Å². The third-order valence-electron chi connectivity index (χ3n) is 5.35. The van der Waals surface area contributed by atoms with Gasteiger partial charge in [-0.25, -0.2) is 4.98 Å². The number of benzene rings is 2. The second kappa shape index (κ2) is 8.95. The largest absolute Gasteiger partial charge is 0.493 e. The first kappa shape index (κ1) is 19.9. The van der Waals surface area contributed by atoms with Crippen molar-refractivity contribution in [3.8, 4) is 28.8 Å². The van der Waals surface area contributed by atoms with E-state index < -0.39 is 0 Å². The average molecular weight is 403 g/mol. The standard InChI is InChI=1S/C24H25N3O3/c1-17-11-14-27(15-12-17)24(28)19-7-5-6-18(16-19)23-25-13-10-22(26-23)30-21-9-4-3-8-20(21)29-2/h3-10,13,16-17H,11-12,14-15H2,1-2H3. The molecule has 1 amide bonds. The van der Waals surface area contributed by atoms with Gasteiger partial charge in [-0.3, -0.25) is 4.79 Å². The molecule has 6 heteroatoms. The number of piperidine rings is 1. The molecule has 0 unspecified atom stereocenters. The van der Waals surface area contributed by atoms with E-state index in [1.165, 1.54) is 0 Å². The van der Waals surface area contributed by atoms with Crippen molar-refractivity contribution in [3.63, 3.8) is 0 Å². The first-order chi connectivity index (χ1) is 14.6. The highest BCUT2D eigenvalue weighted by Gasteiger charge is 2.21. The van der Waals surface area contributed by atoms with Gasteiger partial charge in [0, 0.05) is 36.5 Å². The van der Waals surface area contributed by atoms with Crippen molar-refractivity contribution in [3.05, 3.63) is 66.4 Å². The average Bonchev–Trinajstić information content (AvgIpc) is 2.80. The van der Waals surface area contributed by atoms with E-state index in [1.54, 1.807) is 19.4 Å². The Balaban J connectivity index is 1.55. The topological polar surface area (TPSA) is 64.6 Å². The van der Waals surface area contributed by atoms with Crippen LogP contribution in [0.1, 0.15) is 30.1 Å². The van der Waals surface area contributed by atoms with Gasteiger partial charge in [0.15, 0.2) is 17.3 Å². The number of carbonyl (C=O) groups is 1. The highest BCUT2D eigenvalue weighted by molar-refractivity contribution is 5.95. The molecule has 0 bridgehead atoms. The van der Waals surface area contributed by atoms with Gasteiger partial charge in [0.1, 0.15) is 0 Å². The van der Waals surface area contributed by atoms with E-state index in [4.69, 9.17) is 9.47 Å². The number of para-hydroxylation sites is 2. The summed E-state index contributed by atoms with van der Waals surface area (Å²) in [7, 11) is 1.60. The number of rotatable bonds is 5. The summed E-state index contributed by atoms with van der Waals surface area (Å²) >= 11 is 0. The van der Waals surface area contributed by atoms with Gasteiger partial charge < -0.3 is 14.4 Å². The molecule has 1 saturated heterocycles. The summed E-state index contributed by atoms with van der Waals surface area (Å²) in [6, 6.07) is 16.6. The Bertz CT molecular complexity index is 1030. The van der Waals surface area contributed by atoms with Gasteiger partial charge in [-0.2, -0.15) is 4.98 Å². The summed E-state index contributed by atoms with van der Waals surface area (Å²) in [6.07, 6.45) is 3.75. The predicted octanol–water partition coefficient (Wildman–Crippen LogP) is 4.82. The summed E-state index contributed by atoms with van der Waals surface area (Å²) in [5.74, 6) is 2.86. The summed E-state index contributed by atoms with van der Waals surface area (Å²) in [4.78, 5) is 23.7. The van der Waals surface area contributed by atoms with Crippen LogP contribution in [0.4, 0.5) is 0 Å². The normalized spacial score (nSPS) is 14.4. The Labute approximate surface area is 176 Å². The van der Waals surface area contributed by atoms with Crippen LogP contribution in [-0.2, 0) is 0 Å². The van der Waals surface area contributed by atoms with Gasteiger partial charge in [0.2, 0.25) is 5.88 Å². The lowest BCUT2D eigenvalue weighted by Crippen LogP contribution is -2.37. The van der Waals surface area contributed by atoms with Gasteiger partial charge in [-0.05, 0) is 43.0 Å². The van der Waals surface area contributed by atoms with Crippen LogP contribution in [0.3, 0.4) is 0 Å². The molecule has 0 atom stereocenters. The van der Waals surface area contributed by atoms with E-state index in [9.17, 15) is 4.79 Å². The van der Waals surface area contributed by atoms with E-state index in [-0.39, 0.29) is 5.91 Å². The van der Waals surface area contributed by atoms with E-state index in [2.05, 4.69) is 16.9 Å². The molecule has 3 aromatic rings. The van der Waals surface area contributed by atoms with Crippen molar-refractivity contribution in [2.45, 2.75) is 19.8 Å². The molecule has 1 fully saturated rings. The second-order valence-electron chi connectivity index (χ2n) is 7.53. The molecule has 2 heterocycles. The first-order valence-corrected chi connectivity index (χ1v) is 10.2. The van der Waals surface area contributed by atoms with Crippen molar-refractivity contribution in [2.75, 3.05) is 20.2 Å².